The number of carbonyl (C=O) groups is 2. The van der Waals surface area contributed by atoms with Crippen LogP contribution in [-0.4, -0.2) is 32.1 Å². The normalized spacial score (nSPS) is 14.1. The van der Waals surface area contributed by atoms with Crippen molar-refractivity contribution in [2.24, 2.45) is 4.99 Å². The van der Waals surface area contributed by atoms with Gasteiger partial charge in [-0.1, -0.05) is 48.0 Å². The van der Waals surface area contributed by atoms with Gasteiger partial charge in [-0.3, -0.25) is 0 Å². The molecule has 3 aromatic carbocycles. The third-order valence-corrected chi connectivity index (χ3v) is 5.16. The van der Waals surface area contributed by atoms with Gasteiger partial charge in [-0.15, -0.1) is 0 Å². The summed E-state index contributed by atoms with van der Waals surface area (Å²) in [5.74, 6) is -0.0725. The average Bonchev–Trinajstić information content (AvgIpc) is 3.24. The second-order valence-corrected chi connectivity index (χ2v) is 7.69. The van der Waals surface area contributed by atoms with Gasteiger partial charge in [0.1, 0.15) is 5.75 Å². The molecule has 0 saturated heterocycles. The molecular weight excluding hydrogens is 470 g/mol. The molecule has 0 spiro atoms. The first-order valence-electron chi connectivity index (χ1n) is 10.5. The van der Waals surface area contributed by atoms with Gasteiger partial charge in [0.25, 0.3) is 0 Å². The number of hydrogen-bond acceptors (Lipinski definition) is 7. The van der Waals surface area contributed by atoms with E-state index in [1.165, 1.54) is 26.4 Å². The maximum atomic E-state index is 12.4. The SMILES string of the molecule is COc1cc(/C=C2\N=C(c3cc(Cl)ccc3OC)OC2=O)ccc1OC(=O)/C=C/c1ccccc1. The van der Waals surface area contributed by atoms with Gasteiger partial charge in [-0.2, -0.15) is 0 Å². The molecule has 0 amide bonds. The molecule has 1 heterocycles. The monoisotopic (exact) mass is 489 g/mol. The number of cyclic esters (lactones) is 1. The van der Waals surface area contributed by atoms with Crippen molar-refractivity contribution in [2.45, 2.75) is 0 Å². The minimum Gasteiger partial charge on any atom is -0.496 e. The highest BCUT2D eigenvalue weighted by atomic mass is 35.5. The number of nitrogens with zero attached hydrogens (tertiary/aromatic N) is 1. The largest absolute Gasteiger partial charge is 0.496 e. The van der Waals surface area contributed by atoms with Crippen molar-refractivity contribution < 1.29 is 28.5 Å². The lowest BCUT2D eigenvalue weighted by molar-refractivity contribution is -0.130. The molecular formula is C27H20ClNO6. The minimum atomic E-state index is -0.623. The van der Waals surface area contributed by atoms with Gasteiger partial charge in [0.15, 0.2) is 17.2 Å². The van der Waals surface area contributed by atoms with Gasteiger partial charge in [-0.25, -0.2) is 14.6 Å². The van der Waals surface area contributed by atoms with Crippen molar-refractivity contribution in [3.8, 4) is 17.2 Å². The van der Waals surface area contributed by atoms with Crippen LogP contribution in [0.4, 0.5) is 0 Å². The molecule has 0 fully saturated rings. The molecule has 0 saturated carbocycles. The quantitative estimate of drug-likeness (QED) is 0.254. The van der Waals surface area contributed by atoms with E-state index in [4.69, 9.17) is 30.5 Å². The lowest BCUT2D eigenvalue weighted by Gasteiger charge is -2.08. The standard InChI is InChI=1S/C27H20ClNO6/c1-32-22-12-10-19(28)16-20(22)26-29-21(27(31)35-26)14-18-8-11-23(24(15-18)33-2)34-25(30)13-9-17-6-4-3-5-7-17/h3-16H,1-2H3/b13-9+,21-14-. The van der Waals surface area contributed by atoms with Gasteiger partial charge >= 0.3 is 11.9 Å². The van der Waals surface area contributed by atoms with E-state index in [9.17, 15) is 9.59 Å². The Labute approximate surface area is 206 Å². The topological polar surface area (TPSA) is 83.4 Å². The first-order valence-corrected chi connectivity index (χ1v) is 10.8. The van der Waals surface area contributed by atoms with Crippen LogP contribution >= 0.6 is 11.6 Å². The smallest absolute Gasteiger partial charge is 0.363 e. The molecule has 0 bridgehead atoms. The van der Waals surface area contributed by atoms with E-state index in [1.807, 2.05) is 30.3 Å². The number of halogens is 1. The number of aliphatic imine (C=N–C) groups is 1. The van der Waals surface area contributed by atoms with Crippen molar-refractivity contribution in [2.75, 3.05) is 14.2 Å². The summed E-state index contributed by atoms with van der Waals surface area (Å²) < 4.78 is 21.4. The van der Waals surface area contributed by atoms with Crippen LogP contribution in [0.1, 0.15) is 16.7 Å². The number of benzene rings is 3. The molecule has 1 aliphatic rings. The van der Waals surface area contributed by atoms with Gasteiger partial charge in [-0.05, 0) is 53.6 Å². The highest BCUT2D eigenvalue weighted by Gasteiger charge is 2.26. The Hall–Kier alpha value is -4.36. The van der Waals surface area contributed by atoms with Gasteiger partial charge < -0.3 is 18.9 Å². The maximum absolute atomic E-state index is 12.4. The molecule has 35 heavy (non-hydrogen) atoms. The van der Waals surface area contributed by atoms with Crippen LogP contribution in [0.15, 0.2) is 83.5 Å². The van der Waals surface area contributed by atoms with E-state index in [0.717, 1.165) is 5.56 Å². The minimum absolute atomic E-state index is 0.0830. The van der Waals surface area contributed by atoms with Crippen molar-refractivity contribution in [3.63, 3.8) is 0 Å². The van der Waals surface area contributed by atoms with E-state index in [-0.39, 0.29) is 17.3 Å². The van der Waals surface area contributed by atoms with E-state index in [0.29, 0.717) is 27.6 Å². The molecule has 0 atom stereocenters. The van der Waals surface area contributed by atoms with E-state index in [2.05, 4.69) is 4.99 Å². The van der Waals surface area contributed by atoms with Gasteiger partial charge in [0.2, 0.25) is 5.90 Å². The molecule has 3 aromatic rings. The van der Waals surface area contributed by atoms with Crippen LogP contribution in [-0.2, 0) is 14.3 Å². The molecule has 8 heteroatoms. The number of methoxy groups -OCH3 is 2. The molecule has 0 aromatic heterocycles. The molecule has 1 aliphatic heterocycles. The van der Waals surface area contributed by atoms with Crippen molar-refractivity contribution in [1.29, 1.82) is 0 Å². The van der Waals surface area contributed by atoms with E-state index >= 15 is 0 Å². The summed E-state index contributed by atoms with van der Waals surface area (Å²) in [6, 6.07) is 19.2. The van der Waals surface area contributed by atoms with Crippen LogP contribution in [0.25, 0.3) is 12.2 Å². The summed E-state index contributed by atoms with van der Waals surface area (Å²) >= 11 is 6.07. The van der Waals surface area contributed by atoms with Crippen LogP contribution in [0, 0.1) is 0 Å². The Morgan fingerprint density at radius 3 is 2.40 bits per heavy atom. The molecule has 0 N–H and O–H groups in total. The van der Waals surface area contributed by atoms with Crippen LogP contribution in [0.5, 0.6) is 17.2 Å². The van der Waals surface area contributed by atoms with Crippen LogP contribution in [0.3, 0.4) is 0 Å². The number of esters is 2. The molecule has 0 radical (unpaired) electrons. The Kier molecular flexibility index (Phi) is 7.28. The van der Waals surface area contributed by atoms with Crippen LogP contribution < -0.4 is 14.2 Å². The van der Waals surface area contributed by atoms with Gasteiger partial charge in [0, 0.05) is 11.1 Å². The Morgan fingerprint density at radius 2 is 1.66 bits per heavy atom. The summed E-state index contributed by atoms with van der Waals surface area (Å²) in [5, 5.41) is 0.450. The molecule has 4 rings (SSSR count). The Morgan fingerprint density at radius 1 is 0.914 bits per heavy atom. The summed E-state index contributed by atoms with van der Waals surface area (Å²) in [5.41, 5.74) is 2.01. The summed E-state index contributed by atoms with van der Waals surface area (Å²) in [6.07, 6.45) is 4.53. The molecule has 176 valence electrons. The lowest BCUT2D eigenvalue weighted by Crippen LogP contribution is -2.07. The summed E-state index contributed by atoms with van der Waals surface area (Å²) in [4.78, 5) is 28.9. The second-order valence-electron chi connectivity index (χ2n) is 7.26. The zero-order valence-electron chi connectivity index (χ0n) is 18.9. The fourth-order valence-corrected chi connectivity index (χ4v) is 3.43. The Balaban J connectivity index is 1.54. The summed E-state index contributed by atoms with van der Waals surface area (Å²) in [7, 11) is 2.95. The molecule has 0 unspecified atom stereocenters. The number of carbonyl (C=O) groups excluding carboxylic acids is 2. The third kappa shape index (κ3) is 5.77. The first-order chi connectivity index (χ1) is 17.0. The number of rotatable bonds is 7. The summed E-state index contributed by atoms with van der Waals surface area (Å²) in [6.45, 7) is 0. The van der Waals surface area contributed by atoms with E-state index in [1.54, 1.807) is 42.5 Å². The molecule has 7 nitrogen and oxygen atoms in total. The Bertz CT molecular complexity index is 1360. The number of ether oxygens (including phenoxy) is 4. The van der Waals surface area contributed by atoms with Crippen LogP contribution in [0.2, 0.25) is 5.02 Å². The maximum Gasteiger partial charge on any atom is 0.363 e. The predicted molar refractivity (Wildman–Crippen MR) is 133 cm³/mol. The highest BCUT2D eigenvalue weighted by Crippen LogP contribution is 2.31. The molecule has 0 aliphatic carbocycles. The van der Waals surface area contributed by atoms with Gasteiger partial charge in [0.05, 0.1) is 19.8 Å². The van der Waals surface area contributed by atoms with Crippen molar-refractivity contribution in [1.82, 2.24) is 0 Å². The first kappa shape index (κ1) is 23.8. The van der Waals surface area contributed by atoms with E-state index < -0.39 is 11.9 Å². The predicted octanol–water partition coefficient (Wildman–Crippen LogP) is 5.32. The fraction of sp³-hybridized carbons (Fsp3) is 0.0741. The fourth-order valence-electron chi connectivity index (χ4n) is 3.26. The zero-order valence-corrected chi connectivity index (χ0v) is 19.6. The second kappa shape index (κ2) is 10.7. The average molecular weight is 490 g/mol. The van der Waals surface area contributed by atoms with Crippen molar-refractivity contribution in [3.05, 3.63) is 100 Å². The highest BCUT2D eigenvalue weighted by molar-refractivity contribution is 6.31. The third-order valence-electron chi connectivity index (χ3n) is 4.93. The lowest BCUT2D eigenvalue weighted by atomic mass is 10.1. The zero-order chi connectivity index (χ0) is 24.8. The van der Waals surface area contributed by atoms with Crippen molar-refractivity contribution >= 4 is 41.6 Å². The number of hydrogen-bond donors (Lipinski definition) is 0.